The summed E-state index contributed by atoms with van der Waals surface area (Å²) in [6, 6.07) is -0.453. The lowest BCUT2D eigenvalue weighted by molar-refractivity contribution is -0.138. The van der Waals surface area contributed by atoms with Gasteiger partial charge in [-0.05, 0) is 31.1 Å². The largest absolute Gasteiger partial charge is 0.375 e. The summed E-state index contributed by atoms with van der Waals surface area (Å²) in [7, 11) is 1.48. The van der Waals surface area contributed by atoms with Crippen LogP contribution in [-0.4, -0.2) is 49.6 Å². The summed E-state index contributed by atoms with van der Waals surface area (Å²) >= 11 is 0. The highest BCUT2D eigenvalue weighted by atomic mass is 16.5. The zero-order valence-corrected chi connectivity index (χ0v) is 13.9. The van der Waals surface area contributed by atoms with Crippen molar-refractivity contribution in [1.29, 1.82) is 0 Å². The summed E-state index contributed by atoms with van der Waals surface area (Å²) in [5.41, 5.74) is 0. The third-order valence-electron chi connectivity index (χ3n) is 4.26. The molecule has 0 saturated carbocycles. The number of carbonyl (C=O) groups is 2. The summed E-state index contributed by atoms with van der Waals surface area (Å²) < 4.78 is 4.82. The van der Waals surface area contributed by atoms with E-state index >= 15 is 0 Å². The van der Waals surface area contributed by atoms with Gasteiger partial charge in [0, 0.05) is 20.2 Å². The van der Waals surface area contributed by atoms with E-state index in [-0.39, 0.29) is 24.3 Å². The molecule has 21 heavy (non-hydrogen) atoms. The topological polar surface area (TPSA) is 58.6 Å². The zero-order chi connectivity index (χ0) is 15.8. The first-order valence-electron chi connectivity index (χ1n) is 8.06. The predicted octanol–water partition coefficient (Wildman–Crippen LogP) is 1.81. The van der Waals surface area contributed by atoms with Crippen molar-refractivity contribution in [2.24, 2.45) is 11.8 Å². The van der Waals surface area contributed by atoms with E-state index < -0.39 is 6.04 Å². The van der Waals surface area contributed by atoms with Crippen molar-refractivity contribution in [2.45, 2.75) is 52.5 Å². The quantitative estimate of drug-likeness (QED) is 0.813. The van der Waals surface area contributed by atoms with Gasteiger partial charge in [-0.15, -0.1) is 0 Å². The van der Waals surface area contributed by atoms with Crippen LogP contribution in [-0.2, 0) is 14.3 Å². The summed E-state index contributed by atoms with van der Waals surface area (Å²) in [4.78, 5) is 26.3. The number of hydrogen-bond donors (Lipinski definition) is 1. The minimum absolute atomic E-state index is 0.00555. The third kappa shape index (κ3) is 5.65. The third-order valence-corrected chi connectivity index (χ3v) is 4.26. The van der Waals surface area contributed by atoms with Gasteiger partial charge in [-0.3, -0.25) is 9.59 Å². The number of nitrogens with one attached hydrogen (secondary N) is 1. The maximum absolute atomic E-state index is 12.7. The average Bonchev–Trinajstić information content (AvgIpc) is 2.69. The van der Waals surface area contributed by atoms with E-state index in [1.807, 2.05) is 18.7 Å². The van der Waals surface area contributed by atoms with Crippen molar-refractivity contribution in [2.75, 3.05) is 26.8 Å². The lowest BCUT2D eigenvalue weighted by atomic mass is 9.98. The molecule has 5 heteroatoms. The SMILES string of the molecule is CC[C@H]1CCCN(C(=O)[C@@H](NC(=O)COC)C(C)C)CC1. The molecule has 1 aliphatic rings. The van der Waals surface area contributed by atoms with E-state index in [4.69, 9.17) is 4.74 Å². The molecule has 5 nitrogen and oxygen atoms in total. The Morgan fingerprint density at radius 1 is 1.29 bits per heavy atom. The molecule has 0 bridgehead atoms. The molecule has 1 rings (SSSR count). The number of methoxy groups -OCH3 is 1. The minimum atomic E-state index is -0.453. The molecule has 0 aliphatic carbocycles. The van der Waals surface area contributed by atoms with Gasteiger partial charge in [0.05, 0.1) is 0 Å². The molecule has 0 spiro atoms. The van der Waals surface area contributed by atoms with Crippen LogP contribution < -0.4 is 5.32 Å². The Labute approximate surface area is 128 Å². The molecule has 0 aromatic rings. The lowest BCUT2D eigenvalue weighted by Crippen LogP contribution is -2.52. The highest BCUT2D eigenvalue weighted by Crippen LogP contribution is 2.21. The average molecular weight is 298 g/mol. The molecule has 1 N–H and O–H groups in total. The van der Waals surface area contributed by atoms with E-state index in [9.17, 15) is 9.59 Å². The van der Waals surface area contributed by atoms with Gasteiger partial charge in [0.15, 0.2) is 0 Å². The molecule has 1 heterocycles. The van der Waals surface area contributed by atoms with Gasteiger partial charge < -0.3 is 15.0 Å². The first-order chi connectivity index (χ1) is 9.99. The van der Waals surface area contributed by atoms with Crippen molar-refractivity contribution >= 4 is 11.8 Å². The molecule has 0 radical (unpaired) electrons. The lowest BCUT2D eigenvalue weighted by Gasteiger charge is -2.29. The van der Waals surface area contributed by atoms with E-state index in [0.717, 1.165) is 31.8 Å². The Balaban J connectivity index is 2.65. The van der Waals surface area contributed by atoms with Crippen LogP contribution in [0.1, 0.15) is 46.5 Å². The summed E-state index contributed by atoms with van der Waals surface area (Å²) in [5, 5.41) is 2.80. The predicted molar refractivity (Wildman–Crippen MR) is 82.9 cm³/mol. The molecular formula is C16H30N2O3. The molecule has 1 fully saturated rings. The first kappa shape index (κ1) is 18.0. The molecule has 122 valence electrons. The molecule has 2 amide bonds. The van der Waals surface area contributed by atoms with Gasteiger partial charge in [-0.25, -0.2) is 0 Å². The minimum Gasteiger partial charge on any atom is -0.375 e. The maximum Gasteiger partial charge on any atom is 0.246 e. The van der Waals surface area contributed by atoms with Gasteiger partial charge >= 0.3 is 0 Å². The van der Waals surface area contributed by atoms with Crippen molar-refractivity contribution in [3.63, 3.8) is 0 Å². The molecule has 1 aliphatic heterocycles. The highest BCUT2D eigenvalue weighted by Gasteiger charge is 2.29. The number of hydrogen-bond acceptors (Lipinski definition) is 3. The van der Waals surface area contributed by atoms with Gasteiger partial charge in [-0.1, -0.05) is 27.2 Å². The Bertz CT molecular complexity index is 344. The Morgan fingerprint density at radius 3 is 2.57 bits per heavy atom. The monoisotopic (exact) mass is 298 g/mol. The molecule has 0 unspecified atom stereocenters. The van der Waals surface area contributed by atoms with Crippen molar-refractivity contribution in [3.05, 3.63) is 0 Å². The molecule has 0 aromatic carbocycles. The number of rotatable bonds is 6. The molecular weight excluding hydrogens is 268 g/mol. The smallest absolute Gasteiger partial charge is 0.246 e. The fourth-order valence-electron chi connectivity index (χ4n) is 2.85. The molecule has 1 saturated heterocycles. The van der Waals surface area contributed by atoms with Gasteiger partial charge in [0.1, 0.15) is 12.6 Å². The summed E-state index contributed by atoms with van der Waals surface area (Å²) in [6.07, 6.45) is 4.50. The van der Waals surface area contributed by atoms with E-state index in [0.29, 0.717) is 0 Å². The summed E-state index contributed by atoms with van der Waals surface area (Å²) in [6.45, 7) is 7.74. The molecule has 2 atom stereocenters. The number of ether oxygens (including phenoxy) is 1. The van der Waals surface area contributed by atoms with Crippen LogP contribution in [0.15, 0.2) is 0 Å². The fraction of sp³-hybridized carbons (Fsp3) is 0.875. The summed E-state index contributed by atoms with van der Waals surface area (Å²) in [5.74, 6) is 0.615. The van der Waals surface area contributed by atoms with E-state index in [2.05, 4.69) is 12.2 Å². The Kier molecular flexibility index (Phi) is 7.72. The van der Waals surface area contributed by atoms with Crippen LogP contribution in [0.5, 0.6) is 0 Å². The Morgan fingerprint density at radius 2 is 2.00 bits per heavy atom. The van der Waals surface area contributed by atoms with Crippen LogP contribution in [0.3, 0.4) is 0 Å². The normalized spacial score (nSPS) is 21.0. The number of nitrogens with zero attached hydrogens (tertiary/aromatic N) is 1. The molecule has 0 aromatic heterocycles. The standard InChI is InChI=1S/C16H30N2O3/c1-5-13-7-6-9-18(10-8-13)16(20)15(12(2)3)17-14(19)11-21-4/h12-13,15H,5-11H2,1-4H3,(H,17,19)/t13-,15-/m0/s1. The van der Waals surface area contributed by atoms with E-state index in [1.165, 1.54) is 20.0 Å². The Hall–Kier alpha value is -1.10. The van der Waals surface area contributed by atoms with Gasteiger partial charge in [0.2, 0.25) is 11.8 Å². The highest BCUT2D eigenvalue weighted by molar-refractivity contribution is 5.88. The number of carbonyl (C=O) groups excluding carboxylic acids is 2. The second-order valence-electron chi connectivity index (χ2n) is 6.25. The zero-order valence-electron chi connectivity index (χ0n) is 13.9. The van der Waals surface area contributed by atoms with Crippen LogP contribution in [0.2, 0.25) is 0 Å². The fourth-order valence-corrected chi connectivity index (χ4v) is 2.85. The first-order valence-corrected chi connectivity index (χ1v) is 8.06. The second kappa shape index (κ2) is 9.03. The van der Waals surface area contributed by atoms with Crippen LogP contribution in [0.4, 0.5) is 0 Å². The maximum atomic E-state index is 12.7. The van der Waals surface area contributed by atoms with Crippen molar-refractivity contribution in [3.8, 4) is 0 Å². The van der Waals surface area contributed by atoms with Crippen LogP contribution in [0.25, 0.3) is 0 Å². The van der Waals surface area contributed by atoms with Crippen LogP contribution in [0, 0.1) is 11.8 Å². The van der Waals surface area contributed by atoms with E-state index in [1.54, 1.807) is 0 Å². The van der Waals surface area contributed by atoms with Crippen LogP contribution >= 0.6 is 0 Å². The number of amides is 2. The van der Waals surface area contributed by atoms with Crippen molar-refractivity contribution in [1.82, 2.24) is 10.2 Å². The van der Waals surface area contributed by atoms with Crippen molar-refractivity contribution < 1.29 is 14.3 Å². The second-order valence-corrected chi connectivity index (χ2v) is 6.25. The van der Waals surface area contributed by atoms with Gasteiger partial charge in [0.25, 0.3) is 0 Å². The number of likely N-dealkylation sites (tertiary alicyclic amines) is 1. The van der Waals surface area contributed by atoms with Gasteiger partial charge in [-0.2, -0.15) is 0 Å².